The number of amides is 2. The van der Waals surface area contributed by atoms with Gasteiger partial charge in [0.2, 0.25) is 10.0 Å². The molecule has 0 spiro atoms. The molecule has 0 aliphatic carbocycles. The molecule has 0 saturated carbocycles. The lowest BCUT2D eigenvalue weighted by molar-refractivity contribution is -0.146. The van der Waals surface area contributed by atoms with Crippen molar-refractivity contribution < 1.29 is 27.2 Å². The number of nitrogens with zero attached hydrogens (tertiary/aromatic N) is 1. The van der Waals surface area contributed by atoms with Crippen LogP contribution in [0.2, 0.25) is 0 Å². The van der Waals surface area contributed by atoms with Gasteiger partial charge in [0.05, 0.1) is 30.4 Å². The number of nitrogens with one attached hydrogen (secondary N) is 2. The third kappa shape index (κ3) is 5.15. The monoisotopic (exact) mass is 421 g/mol. The van der Waals surface area contributed by atoms with E-state index >= 15 is 0 Å². The van der Waals surface area contributed by atoms with Crippen molar-refractivity contribution in [3.8, 4) is 0 Å². The molecule has 1 aromatic heterocycles. The Morgan fingerprint density at radius 3 is 2.66 bits per heavy atom. The van der Waals surface area contributed by atoms with E-state index in [0.717, 1.165) is 5.56 Å². The third-order valence-electron chi connectivity index (χ3n) is 4.70. The van der Waals surface area contributed by atoms with Crippen molar-refractivity contribution in [1.82, 2.24) is 9.62 Å². The molecule has 2 amide bonds. The van der Waals surface area contributed by atoms with Crippen molar-refractivity contribution in [3.05, 3.63) is 48.4 Å². The van der Waals surface area contributed by atoms with Gasteiger partial charge in [0.15, 0.2) is 0 Å². The molecular formula is C19H23N3O6S. The van der Waals surface area contributed by atoms with Crippen molar-refractivity contribution in [2.45, 2.75) is 24.3 Å². The zero-order valence-corrected chi connectivity index (χ0v) is 16.8. The van der Waals surface area contributed by atoms with E-state index in [1.807, 2.05) is 0 Å². The number of benzene rings is 1. The summed E-state index contributed by atoms with van der Waals surface area (Å²) in [5.74, 6) is -0.853. The topological polar surface area (TPSA) is 118 Å². The average molecular weight is 421 g/mol. The number of hydrogen-bond acceptors (Lipinski definition) is 6. The number of furan rings is 1. The highest BCUT2D eigenvalue weighted by Gasteiger charge is 2.33. The molecule has 0 bridgehead atoms. The first-order valence-electron chi connectivity index (χ1n) is 9.14. The highest BCUT2D eigenvalue weighted by atomic mass is 32.2. The number of esters is 1. The second kappa shape index (κ2) is 9.10. The number of anilines is 1. The van der Waals surface area contributed by atoms with Crippen LogP contribution >= 0.6 is 0 Å². The number of urea groups is 1. The molecule has 1 aromatic carbocycles. The zero-order chi connectivity index (χ0) is 20.9. The maximum Gasteiger partial charge on any atom is 0.319 e. The number of piperidine rings is 1. The molecular weight excluding hydrogens is 398 g/mol. The van der Waals surface area contributed by atoms with E-state index in [-0.39, 0.29) is 11.4 Å². The van der Waals surface area contributed by atoms with Crippen LogP contribution < -0.4 is 10.6 Å². The molecule has 2 heterocycles. The molecule has 10 heteroatoms. The summed E-state index contributed by atoms with van der Waals surface area (Å²) in [7, 11) is -2.44. The van der Waals surface area contributed by atoms with Crippen molar-refractivity contribution in [3.63, 3.8) is 0 Å². The molecule has 1 aliphatic heterocycles. The fourth-order valence-electron chi connectivity index (χ4n) is 3.13. The van der Waals surface area contributed by atoms with Gasteiger partial charge in [-0.05, 0) is 43.2 Å². The van der Waals surface area contributed by atoms with Gasteiger partial charge in [0.1, 0.15) is 0 Å². The number of rotatable bonds is 6. The summed E-state index contributed by atoms with van der Waals surface area (Å²) in [6, 6.07) is 7.23. The van der Waals surface area contributed by atoms with Crippen LogP contribution in [0.1, 0.15) is 18.4 Å². The predicted octanol–water partition coefficient (Wildman–Crippen LogP) is 2.17. The van der Waals surface area contributed by atoms with Gasteiger partial charge in [-0.25, -0.2) is 13.2 Å². The quantitative estimate of drug-likeness (QED) is 0.690. The molecule has 2 aromatic rings. The van der Waals surface area contributed by atoms with Gasteiger partial charge in [0.25, 0.3) is 0 Å². The minimum Gasteiger partial charge on any atom is -0.472 e. The zero-order valence-electron chi connectivity index (χ0n) is 16.0. The van der Waals surface area contributed by atoms with Crippen molar-refractivity contribution in [2.75, 3.05) is 25.5 Å². The van der Waals surface area contributed by atoms with E-state index in [0.29, 0.717) is 31.6 Å². The van der Waals surface area contributed by atoms with Crippen LogP contribution in [0.3, 0.4) is 0 Å². The Balaban J connectivity index is 1.61. The SMILES string of the molecule is COC(=O)[C@@H]1CCCN(S(=O)(=O)c2ccc(NC(=O)NCc3ccoc3)cc2)C1. The Morgan fingerprint density at radius 1 is 1.24 bits per heavy atom. The summed E-state index contributed by atoms with van der Waals surface area (Å²) in [5.41, 5.74) is 1.29. The number of ether oxygens (including phenoxy) is 1. The molecule has 3 rings (SSSR count). The summed E-state index contributed by atoms with van der Waals surface area (Å²) in [4.78, 5) is 23.8. The van der Waals surface area contributed by atoms with Crippen molar-refractivity contribution in [1.29, 1.82) is 0 Å². The molecule has 29 heavy (non-hydrogen) atoms. The molecule has 9 nitrogen and oxygen atoms in total. The molecule has 156 valence electrons. The van der Waals surface area contributed by atoms with Crippen LogP contribution in [0, 0.1) is 5.92 Å². The van der Waals surface area contributed by atoms with Crippen molar-refractivity contribution >= 4 is 27.7 Å². The van der Waals surface area contributed by atoms with Crippen LogP contribution in [0.4, 0.5) is 10.5 Å². The van der Waals surface area contributed by atoms with E-state index in [2.05, 4.69) is 10.6 Å². The summed E-state index contributed by atoms with van der Waals surface area (Å²) < 4.78 is 36.7. The summed E-state index contributed by atoms with van der Waals surface area (Å²) in [6.07, 6.45) is 4.25. The number of carbonyl (C=O) groups is 2. The number of hydrogen-bond donors (Lipinski definition) is 2. The van der Waals surface area contributed by atoms with E-state index < -0.39 is 27.9 Å². The van der Waals surface area contributed by atoms with Crippen LogP contribution in [0.25, 0.3) is 0 Å². The highest BCUT2D eigenvalue weighted by Crippen LogP contribution is 2.25. The average Bonchev–Trinajstić information content (AvgIpc) is 3.26. The number of carbonyl (C=O) groups excluding carboxylic acids is 2. The normalized spacial score (nSPS) is 17.5. The third-order valence-corrected chi connectivity index (χ3v) is 6.58. The Hall–Kier alpha value is -2.85. The first kappa shape index (κ1) is 20.9. The number of methoxy groups -OCH3 is 1. The minimum absolute atomic E-state index is 0.103. The van der Waals surface area contributed by atoms with Gasteiger partial charge in [0, 0.05) is 30.9 Å². The highest BCUT2D eigenvalue weighted by molar-refractivity contribution is 7.89. The lowest BCUT2D eigenvalue weighted by atomic mass is 10.0. The maximum absolute atomic E-state index is 12.9. The Morgan fingerprint density at radius 2 is 2.00 bits per heavy atom. The van der Waals surface area contributed by atoms with Crippen molar-refractivity contribution in [2.24, 2.45) is 5.92 Å². The summed E-state index contributed by atoms with van der Waals surface area (Å²) in [6.45, 7) is 0.767. The fourth-order valence-corrected chi connectivity index (χ4v) is 4.65. The second-order valence-corrected chi connectivity index (χ2v) is 8.63. The Kier molecular flexibility index (Phi) is 6.55. The smallest absolute Gasteiger partial charge is 0.319 e. The van der Waals surface area contributed by atoms with Gasteiger partial charge >= 0.3 is 12.0 Å². The van der Waals surface area contributed by atoms with Crippen LogP contribution in [-0.2, 0) is 26.1 Å². The van der Waals surface area contributed by atoms with Crippen LogP contribution in [0.5, 0.6) is 0 Å². The van der Waals surface area contributed by atoms with E-state index in [1.165, 1.54) is 48.2 Å². The van der Waals surface area contributed by atoms with E-state index in [9.17, 15) is 18.0 Å². The molecule has 1 saturated heterocycles. The van der Waals surface area contributed by atoms with Crippen LogP contribution in [0.15, 0.2) is 52.2 Å². The molecule has 1 atom stereocenters. The first-order valence-corrected chi connectivity index (χ1v) is 10.6. The molecule has 0 radical (unpaired) electrons. The maximum atomic E-state index is 12.9. The Labute approximate surface area is 169 Å². The second-order valence-electron chi connectivity index (χ2n) is 6.69. The standard InChI is InChI=1S/C19H23N3O6S/c1-27-18(23)15-3-2-9-22(12-15)29(25,26)17-6-4-16(5-7-17)21-19(24)20-11-14-8-10-28-13-14/h4-8,10,13,15H,2-3,9,11-12H2,1H3,(H2,20,21,24)/t15-/m1/s1. The van der Waals surface area contributed by atoms with Gasteiger partial charge in [-0.3, -0.25) is 4.79 Å². The van der Waals surface area contributed by atoms with Gasteiger partial charge < -0.3 is 19.8 Å². The minimum atomic E-state index is -3.73. The number of sulfonamides is 1. The van der Waals surface area contributed by atoms with E-state index in [4.69, 9.17) is 9.15 Å². The van der Waals surface area contributed by atoms with Gasteiger partial charge in [-0.2, -0.15) is 4.31 Å². The van der Waals surface area contributed by atoms with Gasteiger partial charge in [-0.1, -0.05) is 0 Å². The van der Waals surface area contributed by atoms with Crippen LogP contribution in [-0.4, -0.2) is 44.9 Å². The fraction of sp³-hybridized carbons (Fsp3) is 0.368. The molecule has 0 unspecified atom stereocenters. The predicted molar refractivity (Wildman–Crippen MR) is 105 cm³/mol. The summed E-state index contributed by atoms with van der Waals surface area (Å²) in [5, 5.41) is 5.31. The molecule has 1 fully saturated rings. The Bertz CT molecular complexity index is 941. The largest absolute Gasteiger partial charge is 0.472 e. The molecule has 2 N–H and O–H groups in total. The van der Waals surface area contributed by atoms with Gasteiger partial charge in [-0.15, -0.1) is 0 Å². The van der Waals surface area contributed by atoms with E-state index in [1.54, 1.807) is 6.07 Å². The first-order chi connectivity index (χ1) is 13.9. The lowest BCUT2D eigenvalue weighted by Crippen LogP contribution is -2.42. The molecule has 1 aliphatic rings. The lowest BCUT2D eigenvalue weighted by Gasteiger charge is -2.30. The summed E-state index contributed by atoms with van der Waals surface area (Å²) >= 11 is 0.